The maximum absolute atomic E-state index is 3.45. The number of unbranched alkanes of at least 4 members (excludes halogenated alkanes) is 1. The molecule has 1 aromatic carbocycles. The smallest absolute Gasteiger partial charge is 0.0317 e. The van der Waals surface area contributed by atoms with Crippen molar-refractivity contribution in [3.05, 3.63) is 34.3 Å². The minimum Gasteiger partial charge on any atom is -0.313 e. The Bertz CT molecular complexity index is 256. The third-order valence-electron chi connectivity index (χ3n) is 2.47. The summed E-state index contributed by atoms with van der Waals surface area (Å²) in [6, 6.07) is 9.07. The Kier molecular flexibility index (Phi) is 5.20. The third kappa shape index (κ3) is 3.43. The Hall–Kier alpha value is -0.340. The van der Waals surface area contributed by atoms with Gasteiger partial charge in [0.1, 0.15) is 0 Å². The second-order valence-corrected chi connectivity index (χ2v) is 4.45. The van der Waals surface area contributed by atoms with E-state index < -0.39 is 0 Å². The van der Waals surface area contributed by atoms with Gasteiger partial charge in [0.15, 0.2) is 0 Å². The Balaban J connectivity index is 2.64. The zero-order valence-electron chi connectivity index (χ0n) is 8.89. The summed E-state index contributed by atoms with van der Waals surface area (Å²) < 4.78 is 1.14. The molecule has 0 aliphatic rings. The summed E-state index contributed by atoms with van der Waals surface area (Å²) >= 11 is 3.45. The van der Waals surface area contributed by atoms with E-state index in [9.17, 15) is 0 Å². The lowest BCUT2D eigenvalue weighted by Crippen LogP contribution is -2.15. The first-order valence-electron chi connectivity index (χ1n) is 5.20. The summed E-state index contributed by atoms with van der Waals surface area (Å²) in [4.78, 5) is 0. The fourth-order valence-electron chi connectivity index (χ4n) is 1.58. The minimum absolute atomic E-state index is 0.503. The fourth-order valence-corrected chi connectivity index (χ4v) is 1.85. The zero-order chi connectivity index (χ0) is 10.4. The number of hydrogen-bond acceptors (Lipinski definition) is 1. The average molecular weight is 256 g/mol. The molecule has 1 N–H and O–H groups in total. The van der Waals surface area contributed by atoms with Gasteiger partial charge in [-0.15, -0.1) is 0 Å². The molecular formula is C12H18BrN. The second-order valence-electron chi connectivity index (χ2n) is 3.54. The molecule has 0 amide bonds. The number of rotatable bonds is 5. The van der Waals surface area contributed by atoms with Crippen LogP contribution in [-0.2, 0) is 0 Å². The highest BCUT2D eigenvalue weighted by atomic mass is 79.9. The van der Waals surface area contributed by atoms with Gasteiger partial charge in [0.25, 0.3) is 0 Å². The fraction of sp³-hybridized carbons (Fsp3) is 0.500. The molecule has 0 radical (unpaired) electrons. The van der Waals surface area contributed by atoms with E-state index >= 15 is 0 Å². The Morgan fingerprint density at radius 2 is 1.93 bits per heavy atom. The lowest BCUT2D eigenvalue weighted by molar-refractivity contribution is 0.523. The normalized spacial score (nSPS) is 12.8. The van der Waals surface area contributed by atoms with Crippen molar-refractivity contribution in [2.24, 2.45) is 0 Å². The molecule has 1 unspecified atom stereocenters. The van der Waals surface area contributed by atoms with E-state index in [1.54, 1.807) is 0 Å². The number of nitrogens with one attached hydrogen (secondary N) is 1. The highest BCUT2D eigenvalue weighted by Gasteiger charge is 2.07. The molecule has 0 fully saturated rings. The van der Waals surface area contributed by atoms with Crippen molar-refractivity contribution >= 4 is 15.9 Å². The molecule has 1 atom stereocenters. The number of benzene rings is 1. The van der Waals surface area contributed by atoms with Crippen LogP contribution in [0.3, 0.4) is 0 Å². The van der Waals surface area contributed by atoms with E-state index in [0.29, 0.717) is 6.04 Å². The van der Waals surface area contributed by atoms with Crippen LogP contribution in [0.15, 0.2) is 28.7 Å². The van der Waals surface area contributed by atoms with E-state index in [1.807, 2.05) is 7.05 Å². The van der Waals surface area contributed by atoms with E-state index in [-0.39, 0.29) is 0 Å². The molecule has 1 rings (SSSR count). The molecule has 1 aromatic rings. The molecule has 0 saturated carbocycles. The van der Waals surface area contributed by atoms with Crippen molar-refractivity contribution in [1.82, 2.24) is 5.32 Å². The Morgan fingerprint density at radius 1 is 1.29 bits per heavy atom. The minimum atomic E-state index is 0.503. The van der Waals surface area contributed by atoms with Crippen LogP contribution in [0.2, 0.25) is 0 Å². The summed E-state index contributed by atoms with van der Waals surface area (Å²) in [5.41, 5.74) is 1.38. The number of halogens is 1. The summed E-state index contributed by atoms with van der Waals surface area (Å²) in [6.45, 7) is 2.23. The predicted octanol–water partition coefficient (Wildman–Crippen LogP) is 3.90. The maximum Gasteiger partial charge on any atom is 0.0317 e. The van der Waals surface area contributed by atoms with Gasteiger partial charge >= 0.3 is 0 Å². The Morgan fingerprint density at radius 3 is 2.43 bits per heavy atom. The van der Waals surface area contributed by atoms with Crippen LogP contribution in [0.25, 0.3) is 0 Å². The van der Waals surface area contributed by atoms with Crippen LogP contribution in [-0.4, -0.2) is 7.05 Å². The molecule has 0 heterocycles. The molecule has 2 heteroatoms. The molecule has 78 valence electrons. The van der Waals surface area contributed by atoms with Crippen molar-refractivity contribution in [2.45, 2.75) is 32.2 Å². The molecule has 0 aliphatic carbocycles. The molecule has 14 heavy (non-hydrogen) atoms. The largest absolute Gasteiger partial charge is 0.313 e. The quantitative estimate of drug-likeness (QED) is 0.842. The summed E-state index contributed by atoms with van der Waals surface area (Å²) in [5, 5.41) is 3.36. The predicted molar refractivity (Wildman–Crippen MR) is 65.5 cm³/mol. The van der Waals surface area contributed by atoms with Crippen LogP contribution in [0.5, 0.6) is 0 Å². The van der Waals surface area contributed by atoms with E-state index in [0.717, 1.165) is 4.47 Å². The molecule has 1 nitrogen and oxygen atoms in total. The van der Waals surface area contributed by atoms with Gasteiger partial charge in [0.05, 0.1) is 0 Å². The SMILES string of the molecule is CCCCC(NC)c1ccc(Br)cc1. The monoisotopic (exact) mass is 255 g/mol. The van der Waals surface area contributed by atoms with Crippen molar-refractivity contribution in [3.8, 4) is 0 Å². The third-order valence-corrected chi connectivity index (χ3v) is 3.00. The highest BCUT2D eigenvalue weighted by Crippen LogP contribution is 2.20. The number of hydrogen-bond donors (Lipinski definition) is 1. The standard InChI is InChI=1S/C12H18BrN/c1-3-4-5-12(14-2)10-6-8-11(13)9-7-10/h6-9,12,14H,3-5H2,1-2H3. The van der Waals surface area contributed by atoms with Gasteiger partial charge in [-0.2, -0.15) is 0 Å². The van der Waals surface area contributed by atoms with E-state index in [1.165, 1.54) is 24.8 Å². The second kappa shape index (κ2) is 6.20. The lowest BCUT2D eigenvalue weighted by atomic mass is 10.0. The zero-order valence-corrected chi connectivity index (χ0v) is 10.5. The van der Waals surface area contributed by atoms with Crippen molar-refractivity contribution < 1.29 is 0 Å². The van der Waals surface area contributed by atoms with E-state index in [2.05, 4.69) is 52.4 Å². The van der Waals surface area contributed by atoms with Gasteiger partial charge in [0, 0.05) is 10.5 Å². The van der Waals surface area contributed by atoms with Crippen molar-refractivity contribution in [1.29, 1.82) is 0 Å². The van der Waals surface area contributed by atoms with Crippen LogP contribution in [0, 0.1) is 0 Å². The summed E-state index contributed by atoms with van der Waals surface area (Å²) in [6.07, 6.45) is 3.75. The molecule has 0 aliphatic heterocycles. The van der Waals surface area contributed by atoms with Gasteiger partial charge < -0.3 is 5.32 Å². The van der Waals surface area contributed by atoms with Gasteiger partial charge in [-0.3, -0.25) is 0 Å². The molecule has 0 spiro atoms. The molecule has 0 aromatic heterocycles. The van der Waals surface area contributed by atoms with E-state index in [4.69, 9.17) is 0 Å². The van der Waals surface area contributed by atoms with Gasteiger partial charge in [-0.1, -0.05) is 47.8 Å². The van der Waals surface area contributed by atoms with Crippen LogP contribution in [0.1, 0.15) is 37.8 Å². The maximum atomic E-state index is 3.45. The lowest BCUT2D eigenvalue weighted by Gasteiger charge is -2.16. The molecule has 0 saturated heterocycles. The van der Waals surface area contributed by atoms with Gasteiger partial charge in [0.2, 0.25) is 0 Å². The van der Waals surface area contributed by atoms with Crippen molar-refractivity contribution in [2.75, 3.05) is 7.05 Å². The highest BCUT2D eigenvalue weighted by molar-refractivity contribution is 9.10. The first kappa shape index (κ1) is 11.7. The van der Waals surface area contributed by atoms with Crippen LogP contribution < -0.4 is 5.32 Å². The Labute approximate surface area is 95.0 Å². The average Bonchev–Trinajstić information content (AvgIpc) is 2.21. The molecule has 0 bridgehead atoms. The summed E-state index contributed by atoms with van der Waals surface area (Å²) in [5.74, 6) is 0. The van der Waals surface area contributed by atoms with Crippen LogP contribution in [0.4, 0.5) is 0 Å². The van der Waals surface area contributed by atoms with Crippen molar-refractivity contribution in [3.63, 3.8) is 0 Å². The van der Waals surface area contributed by atoms with Gasteiger partial charge in [-0.05, 0) is 31.2 Å². The van der Waals surface area contributed by atoms with Crippen LogP contribution >= 0.6 is 15.9 Å². The summed E-state index contributed by atoms with van der Waals surface area (Å²) in [7, 11) is 2.03. The first-order valence-corrected chi connectivity index (χ1v) is 6.00. The molecular weight excluding hydrogens is 238 g/mol. The topological polar surface area (TPSA) is 12.0 Å². The van der Waals surface area contributed by atoms with Gasteiger partial charge in [-0.25, -0.2) is 0 Å². The first-order chi connectivity index (χ1) is 6.77.